The molecule has 3 aromatic rings. The van der Waals surface area contributed by atoms with Gasteiger partial charge in [0.05, 0.1) is 18.3 Å². The van der Waals surface area contributed by atoms with Crippen molar-refractivity contribution in [3.8, 4) is 40.4 Å². The number of nitriles is 1. The van der Waals surface area contributed by atoms with Crippen molar-refractivity contribution in [2.75, 3.05) is 6.61 Å². The van der Waals surface area contributed by atoms with Gasteiger partial charge in [0.2, 0.25) is 5.82 Å². The van der Waals surface area contributed by atoms with E-state index < -0.39 is 5.97 Å². The standard InChI is InChI=1S/C25H27N3O5/c1-4-17-14-20(31-12-6-5-7-23(29)30)9-10-21(17)24-27-25(33-28-24)18-8-11-22(32-16(2)3)19(13-18)15-26/h8-11,13-14,16H,4-7,12H2,1-3H3,(H,29,30). The van der Waals surface area contributed by atoms with Crippen LogP contribution < -0.4 is 9.47 Å². The van der Waals surface area contributed by atoms with Crippen LogP contribution >= 0.6 is 0 Å². The summed E-state index contributed by atoms with van der Waals surface area (Å²) in [6.45, 7) is 6.30. The Hall–Kier alpha value is -3.86. The molecule has 0 fully saturated rings. The third kappa shape index (κ3) is 6.32. The highest BCUT2D eigenvalue weighted by atomic mass is 16.5. The van der Waals surface area contributed by atoms with Crippen LogP contribution in [0.5, 0.6) is 11.5 Å². The molecule has 172 valence electrons. The molecule has 8 nitrogen and oxygen atoms in total. The SMILES string of the molecule is CCc1cc(OCCCCC(=O)O)ccc1-c1noc(-c2ccc(OC(C)C)c(C#N)c2)n1. The molecule has 1 N–H and O–H groups in total. The Labute approximate surface area is 192 Å². The van der Waals surface area contributed by atoms with Crippen LogP contribution in [0.15, 0.2) is 40.9 Å². The second-order valence-corrected chi connectivity index (χ2v) is 7.78. The first-order chi connectivity index (χ1) is 15.9. The molecule has 0 unspecified atom stereocenters. The Morgan fingerprint density at radius 3 is 2.73 bits per heavy atom. The summed E-state index contributed by atoms with van der Waals surface area (Å²) in [7, 11) is 0. The molecule has 3 rings (SSSR count). The van der Waals surface area contributed by atoms with Gasteiger partial charge in [-0.1, -0.05) is 12.1 Å². The number of ether oxygens (including phenoxy) is 2. The largest absolute Gasteiger partial charge is 0.494 e. The van der Waals surface area contributed by atoms with Crippen LogP contribution in [0.2, 0.25) is 0 Å². The first-order valence-corrected chi connectivity index (χ1v) is 10.9. The van der Waals surface area contributed by atoms with Crippen LogP contribution in [0, 0.1) is 11.3 Å². The summed E-state index contributed by atoms with van der Waals surface area (Å²) in [5.74, 6) is 1.21. The third-order valence-electron chi connectivity index (χ3n) is 4.89. The number of benzene rings is 2. The molecule has 0 aliphatic heterocycles. The minimum atomic E-state index is -0.796. The molecule has 2 aromatic carbocycles. The maximum absolute atomic E-state index is 10.6. The van der Waals surface area contributed by atoms with Gasteiger partial charge in [0, 0.05) is 17.5 Å². The van der Waals surface area contributed by atoms with Gasteiger partial charge in [-0.15, -0.1) is 0 Å². The zero-order valence-electron chi connectivity index (χ0n) is 19.0. The van der Waals surface area contributed by atoms with E-state index in [0.717, 1.165) is 17.5 Å². The lowest BCUT2D eigenvalue weighted by Gasteiger charge is -2.11. The smallest absolute Gasteiger partial charge is 0.303 e. The lowest BCUT2D eigenvalue weighted by atomic mass is 10.0. The summed E-state index contributed by atoms with van der Waals surface area (Å²) >= 11 is 0. The van der Waals surface area contributed by atoms with Crippen molar-refractivity contribution in [3.05, 3.63) is 47.5 Å². The van der Waals surface area contributed by atoms with E-state index in [-0.39, 0.29) is 12.5 Å². The molecule has 0 saturated heterocycles. The number of rotatable bonds is 11. The number of unbranched alkanes of at least 4 members (excludes halogenated alkanes) is 1. The molecular weight excluding hydrogens is 422 g/mol. The zero-order valence-corrected chi connectivity index (χ0v) is 19.0. The van der Waals surface area contributed by atoms with Gasteiger partial charge in [-0.2, -0.15) is 10.2 Å². The fourth-order valence-electron chi connectivity index (χ4n) is 3.30. The monoisotopic (exact) mass is 449 g/mol. The molecule has 0 amide bonds. The van der Waals surface area contributed by atoms with Gasteiger partial charge in [0.1, 0.15) is 17.6 Å². The molecule has 0 atom stereocenters. The number of hydrogen-bond donors (Lipinski definition) is 1. The molecule has 33 heavy (non-hydrogen) atoms. The highest BCUT2D eigenvalue weighted by Gasteiger charge is 2.16. The van der Waals surface area contributed by atoms with E-state index in [1.807, 2.05) is 39.0 Å². The molecule has 0 aliphatic rings. The van der Waals surface area contributed by atoms with Crippen LogP contribution in [0.3, 0.4) is 0 Å². The van der Waals surface area contributed by atoms with E-state index in [0.29, 0.717) is 53.8 Å². The highest BCUT2D eigenvalue weighted by Crippen LogP contribution is 2.30. The normalized spacial score (nSPS) is 10.8. The molecule has 1 aromatic heterocycles. The lowest BCUT2D eigenvalue weighted by Crippen LogP contribution is -2.06. The van der Waals surface area contributed by atoms with Crippen LogP contribution in [0.4, 0.5) is 0 Å². The van der Waals surface area contributed by atoms with Gasteiger partial charge in [0.15, 0.2) is 0 Å². The number of aromatic nitrogens is 2. The summed E-state index contributed by atoms with van der Waals surface area (Å²) < 4.78 is 16.9. The molecular formula is C25H27N3O5. The van der Waals surface area contributed by atoms with Crippen molar-refractivity contribution >= 4 is 5.97 Å². The van der Waals surface area contributed by atoms with Crippen molar-refractivity contribution in [1.29, 1.82) is 5.26 Å². The molecule has 0 aliphatic carbocycles. The quantitative estimate of drug-likeness (QED) is 0.394. The Kier molecular flexibility index (Phi) is 8.03. The number of carboxylic acids is 1. The molecule has 8 heteroatoms. The van der Waals surface area contributed by atoms with Gasteiger partial charge >= 0.3 is 5.97 Å². The van der Waals surface area contributed by atoms with E-state index in [9.17, 15) is 10.1 Å². The topological polar surface area (TPSA) is 118 Å². The molecule has 0 radical (unpaired) electrons. The second kappa shape index (κ2) is 11.1. The van der Waals surface area contributed by atoms with Crippen molar-refractivity contribution < 1.29 is 23.9 Å². The zero-order chi connectivity index (χ0) is 23.8. The average molecular weight is 450 g/mol. The number of nitrogens with zero attached hydrogens (tertiary/aromatic N) is 3. The van der Waals surface area contributed by atoms with E-state index in [1.165, 1.54) is 0 Å². The van der Waals surface area contributed by atoms with Crippen molar-refractivity contribution in [2.45, 2.75) is 52.6 Å². The first-order valence-electron chi connectivity index (χ1n) is 10.9. The van der Waals surface area contributed by atoms with Gasteiger partial charge in [-0.05, 0) is 75.1 Å². The Bertz CT molecular complexity index is 1150. The van der Waals surface area contributed by atoms with Crippen LogP contribution in [0.25, 0.3) is 22.8 Å². The average Bonchev–Trinajstić information content (AvgIpc) is 3.28. The maximum atomic E-state index is 10.6. The molecule has 1 heterocycles. The molecule has 0 bridgehead atoms. The van der Waals surface area contributed by atoms with E-state index >= 15 is 0 Å². The van der Waals surface area contributed by atoms with Crippen LogP contribution in [0.1, 0.15) is 51.2 Å². The molecule has 0 saturated carbocycles. The summed E-state index contributed by atoms with van der Waals surface area (Å²) in [5.41, 5.74) is 2.88. The highest BCUT2D eigenvalue weighted by molar-refractivity contribution is 5.67. The summed E-state index contributed by atoms with van der Waals surface area (Å²) in [6, 6.07) is 13.0. The fraction of sp³-hybridized carbons (Fsp3) is 0.360. The predicted octanol–water partition coefficient (Wildman–Crippen LogP) is 5.26. The van der Waals surface area contributed by atoms with Crippen molar-refractivity contribution in [3.63, 3.8) is 0 Å². The van der Waals surface area contributed by atoms with Gasteiger partial charge in [-0.25, -0.2) is 0 Å². The Balaban J connectivity index is 1.75. The van der Waals surface area contributed by atoms with Gasteiger partial charge in [0.25, 0.3) is 5.89 Å². The van der Waals surface area contributed by atoms with Gasteiger partial charge < -0.3 is 19.1 Å². The van der Waals surface area contributed by atoms with Crippen LogP contribution in [-0.4, -0.2) is 33.9 Å². The Morgan fingerprint density at radius 1 is 1.21 bits per heavy atom. The minimum Gasteiger partial charge on any atom is -0.494 e. The third-order valence-corrected chi connectivity index (χ3v) is 4.89. The number of hydrogen-bond acceptors (Lipinski definition) is 7. The minimum absolute atomic E-state index is 0.0397. The predicted molar refractivity (Wildman–Crippen MR) is 122 cm³/mol. The van der Waals surface area contributed by atoms with Gasteiger partial charge in [-0.3, -0.25) is 4.79 Å². The summed E-state index contributed by atoms with van der Waals surface area (Å²) in [5, 5.41) is 22.3. The second-order valence-electron chi connectivity index (χ2n) is 7.78. The summed E-state index contributed by atoms with van der Waals surface area (Å²) in [4.78, 5) is 15.1. The van der Waals surface area contributed by atoms with Crippen LogP contribution in [-0.2, 0) is 11.2 Å². The summed E-state index contributed by atoms with van der Waals surface area (Å²) in [6.07, 6.45) is 2.11. The maximum Gasteiger partial charge on any atom is 0.303 e. The number of carbonyl (C=O) groups is 1. The fourth-order valence-corrected chi connectivity index (χ4v) is 3.30. The van der Waals surface area contributed by atoms with E-state index in [4.69, 9.17) is 19.1 Å². The Morgan fingerprint density at radius 2 is 2.03 bits per heavy atom. The van der Waals surface area contributed by atoms with Crippen molar-refractivity contribution in [2.24, 2.45) is 0 Å². The number of aliphatic carboxylic acids is 1. The van der Waals surface area contributed by atoms with Crippen molar-refractivity contribution in [1.82, 2.24) is 10.1 Å². The number of aryl methyl sites for hydroxylation is 1. The lowest BCUT2D eigenvalue weighted by molar-refractivity contribution is -0.137. The molecule has 0 spiro atoms. The van der Waals surface area contributed by atoms with E-state index in [1.54, 1.807) is 18.2 Å². The first kappa shape index (κ1) is 23.8. The van der Waals surface area contributed by atoms with E-state index in [2.05, 4.69) is 16.2 Å². The number of carboxylic acid groups (broad SMARTS) is 1.